The van der Waals surface area contributed by atoms with Crippen LogP contribution < -0.4 is 0 Å². The molecule has 0 spiro atoms. The van der Waals surface area contributed by atoms with Gasteiger partial charge >= 0.3 is 0 Å². The molecule has 3 aromatic rings. The molecule has 0 aromatic heterocycles. The maximum Gasteiger partial charge on any atom is 0.0810 e. The molecule has 3 heteroatoms. The molecule has 0 aliphatic heterocycles. The van der Waals surface area contributed by atoms with Gasteiger partial charge in [-0.15, -0.1) is 0 Å². The second-order valence-corrected chi connectivity index (χ2v) is 6.83. The molecule has 0 radical (unpaired) electrons. The molecular weight excluding hydrogens is 332 g/mol. The highest BCUT2D eigenvalue weighted by Gasteiger charge is 2.15. The first-order valence-electron chi connectivity index (χ1n) is 8.64. The third-order valence-electron chi connectivity index (χ3n) is 4.54. The van der Waals surface area contributed by atoms with E-state index in [1.807, 2.05) is 61.5 Å². The summed E-state index contributed by atoms with van der Waals surface area (Å²) in [6.07, 6.45) is 0.733. The van der Waals surface area contributed by atoms with Crippen LogP contribution in [0.15, 0.2) is 66.7 Å². The number of ether oxygens (including phenoxy) is 1. The van der Waals surface area contributed by atoms with Gasteiger partial charge in [0, 0.05) is 5.02 Å². The normalized spacial score (nSPS) is 13.7. The molecule has 3 aromatic carbocycles. The predicted octanol–water partition coefficient (Wildman–Crippen LogP) is 5.39. The zero-order valence-corrected chi connectivity index (χ0v) is 15.1. The summed E-state index contributed by atoms with van der Waals surface area (Å²) in [6.45, 7) is 2.44. The Morgan fingerprint density at radius 3 is 2.60 bits per heavy atom. The molecule has 0 saturated heterocycles. The minimum Gasteiger partial charge on any atom is -0.390 e. The summed E-state index contributed by atoms with van der Waals surface area (Å²) in [5.74, 6) is 0. The molecule has 2 atom stereocenters. The van der Waals surface area contributed by atoms with Gasteiger partial charge in [-0.25, -0.2) is 0 Å². The van der Waals surface area contributed by atoms with Crippen molar-refractivity contribution >= 4 is 22.4 Å². The van der Waals surface area contributed by atoms with E-state index in [1.54, 1.807) is 0 Å². The van der Waals surface area contributed by atoms with Gasteiger partial charge in [0.15, 0.2) is 0 Å². The monoisotopic (exact) mass is 354 g/mol. The molecule has 1 N–H and O–H groups in total. The Balaban J connectivity index is 1.58. The lowest BCUT2D eigenvalue weighted by atomic mass is 9.98. The van der Waals surface area contributed by atoms with Gasteiger partial charge in [-0.2, -0.15) is 0 Å². The first-order valence-corrected chi connectivity index (χ1v) is 9.02. The van der Waals surface area contributed by atoms with Crippen LogP contribution in [-0.2, 0) is 17.8 Å². The molecule has 3 rings (SSSR count). The molecule has 2 nitrogen and oxygen atoms in total. The molecule has 0 aliphatic carbocycles. The van der Waals surface area contributed by atoms with Crippen molar-refractivity contribution in [2.75, 3.05) is 0 Å². The summed E-state index contributed by atoms with van der Waals surface area (Å²) >= 11 is 6.13. The van der Waals surface area contributed by atoms with E-state index in [1.165, 1.54) is 10.9 Å². The number of aryl methyl sites for hydroxylation is 1. The van der Waals surface area contributed by atoms with Crippen LogP contribution in [0.1, 0.15) is 24.5 Å². The Labute approximate surface area is 154 Å². The molecule has 0 heterocycles. The van der Waals surface area contributed by atoms with Crippen molar-refractivity contribution in [3.05, 3.63) is 82.9 Å². The summed E-state index contributed by atoms with van der Waals surface area (Å²) in [5.41, 5.74) is 2.32. The lowest BCUT2D eigenvalue weighted by Crippen LogP contribution is -2.26. The molecule has 0 saturated carbocycles. The maximum atomic E-state index is 10.4. The Morgan fingerprint density at radius 2 is 1.80 bits per heavy atom. The second-order valence-electron chi connectivity index (χ2n) is 6.39. The van der Waals surface area contributed by atoms with E-state index in [2.05, 4.69) is 12.1 Å². The van der Waals surface area contributed by atoms with Gasteiger partial charge in [-0.05, 0) is 53.8 Å². The number of rotatable bonds is 7. The molecule has 0 aliphatic rings. The van der Waals surface area contributed by atoms with Crippen LogP contribution in [0.25, 0.3) is 10.8 Å². The average molecular weight is 355 g/mol. The van der Waals surface area contributed by atoms with Crippen molar-refractivity contribution < 1.29 is 9.84 Å². The number of aliphatic hydroxyl groups excluding tert-OH is 1. The molecule has 0 bridgehead atoms. The van der Waals surface area contributed by atoms with Gasteiger partial charge < -0.3 is 9.84 Å². The summed E-state index contributed by atoms with van der Waals surface area (Å²) in [5, 5.41) is 13.5. The van der Waals surface area contributed by atoms with E-state index in [4.69, 9.17) is 16.3 Å². The minimum atomic E-state index is -0.502. The second kappa shape index (κ2) is 8.48. The Hall–Kier alpha value is -1.87. The fraction of sp³-hybridized carbons (Fsp3) is 0.273. The predicted molar refractivity (Wildman–Crippen MR) is 104 cm³/mol. The van der Waals surface area contributed by atoms with Crippen molar-refractivity contribution in [3.63, 3.8) is 0 Å². The number of halogens is 1. The summed E-state index contributed by atoms with van der Waals surface area (Å²) < 4.78 is 5.81. The standard InChI is InChI=1S/C22H23ClO2/c1-16(25-15-17-6-3-2-4-7-17)22(24)13-11-19-9-5-8-18-10-12-20(23)14-21(18)19/h2-10,12,14,16,22,24H,11,13,15H2,1H3/t16-,22-/m0/s1. The highest BCUT2D eigenvalue weighted by molar-refractivity contribution is 6.31. The molecule has 0 amide bonds. The molecule has 0 unspecified atom stereocenters. The summed E-state index contributed by atoms with van der Waals surface area (Å²) in [7, 11) is 0. The van der Waals surface area contributed by atoms with Gasteiger partial charge in [0.2, 0.25) is 0 Å². The van der Waals surface area contributed by atoms with E-state index in [-0.39, 0.29) is 6.10 Å². The van der Waals surface area contributed by atoms with Crippen LogP contribution in [0, 0.1) is 0 Å². The Bertz CT molecular complexity index is 817. The van der Waals surface area contributed by atoms with Gasteiger partial charge in [-0.3, -0.25) is 0 Å². The first kappa shape index (κ1) is 17.9. The number of hydrogen-bond donors (Lipinski definition) is 1. The van der Waals surface area contributed by atoms with Crippen molar-refractivity contribution in [1.82, 2.24) is 0 Å². The SMILES string of the molecule is C[C@H](OCc1ccccc1)[C@@H](O)CCc1cccc2ccc(Cl)cc12. The zero-order chi connectivity index (χ0) is 17.6. The minimum absolute atomic E-state index is 0.209. The largest absolute Gasteiger partial charge is 0.390 e. The van der Waals surface area contributed by atoms with Crippen LogP contribution >= 0.6 is 11.6 Å². The van der Waals surface area contributed by atoms with Gasteiger partial charge in [-0.1, -0.05) is 66.2 Å². The molecule has 130 valence electrons. The van der Waals surface area contributed by atoms with Crippen molar-refractivity contribution in [2.24, 2.45) is 0 Å². The molecule has 25 heavy (non-hydrogen) atoms. The molecular formula is C22H23ClO2. The van der Waals surface area contributed by atoms with Crippen molar-refractivity contribution in [3.8, 4) is 0 Å². The average Bonchev–Trinajstić information content (AvgIpc) is 2.65. The van der Waals surface area contributed by atoms with E-state index < -0.39 is 6.10 Å². The van der Waals surface area contributed by atoms with E-state index in [0.717, 1.165) is 22.4 Å². The van der Waals surface area contributed by atoms with Crippen molar-refractivity contribution in [1.29, 1.82) is 0 Å². The van der Waals surface area contributed by atoms with Crippen LogP contribution in [0.5, 0.6) is 0 Å². The third-order valence-corrected chi connectivity index (χ3v) is 4.78. The highest BCUT2D eigenvalue weighted by Crippen LogP contribution is 2.24. The number of fused-ring (bicyclic) bond motifs is 1. The Kier molecular flexibility index (Phi) is 6.09. The van der Waals surface area contributed by atoms with Crippen LogP contribution in [0.3, 0.4) is 0 Å². The maximum absolute atomic E-state index is 10.4. The van der Waals surface area contributed by atoms with Crippen LogP contribution in [0.2, 0.25) is 5.02 Å². The van der Waals surface area contributed by atoms with E-state index >= 15 is 0 Å². The van der Waals surface area contributed by atoms with E-state index in [9.17, 15) is 5.11 Å². The summed E-state index contributed by atoms with van der Waals surface area (Å²) in [4.78, 5) is 0. The fourth-order valence-electron chi connectivity index (χ4n) is 2.98. The highest BCUT2D eigenvalue weighted by atomic mass is 35.5. The first-order chi connectivity index (χ1) is 12.1. The van der Waals surface area contributed by atoms with Crippen LogP contribution in [-0.4, -0.2) is 17.3 Å². The summed E-state index contributed by atoms with van der Waals surface area (Å²) in [6, 6.07) is 22.2. The topological polar surface area (TPSA) is 29.5 Å². The molecule has 0 fully saturated rings. The third kappa shape index (κ3) is 4.82. The number of benzene rings is 3. The number of hydrogen-bond acceptors (Lipinski definition) is 2. The van der Waals surface area contributed by atoms with E-state index in [0.29, 0.717) is 13.0 Å². The Morgan fingerprint density at radius 1 is 1.00 bits per heavy atom. The van der Waals surface area contributed by atoms with Gasteiger partial charge in [0.05, 0.1) is 18.8 Å². The van der Waals surface area contributed by atoms with Gasteiger partial charge in [0.25, 0.3) is 0 Å². The van der Waals surface area contributed by atoms with Gasteiger partial charge in [0.1, 0.15) is 0 Å². The lowest BCUT2D eigenvalue weighted by Gasteiger charge is -2.20. The smallest absolute Gasteiger partial charge is 0.0810 e. The number of aliphatic hydroxyl groups is 1. The fourth-order valence-corrected chi connectivity index (χ4v) is 3.15. The van der Waals surface area contributed by atoms with Crippen molar-refractivity contribution in [2.45, 2.75) is 38.6 Å². The quantitative estimate of drug-likeness (QED) is 0.616. The zero-order valence-electron chi connectivity index (χ0n) is 14.4. The lowest BCUT2D eigenvalue weighted by molar-refractivity contribution is -0.0377. The van der Waals surface area contributed by atoms with Crippen LogP contribution in [0.4, 0.5) is 0 Å².